The Hall–Kier alpha value is -3.08. The SMILES string of the molecule is N#CCNc1nc(Cl)c(C#N)c2c1CCN(Cc1cnc(OC3CC(F)(F)C3)cn1)C2. The highest BCUT2D eigenvalue weighted by atomic mass is 35.5. The quantitative estimate of drug-likeness (QED) is 0.533. The molecule has 3 heterocycles. The first-order chi connectivity index (χ1) is 14.9. The first-order valence-corrected chi connectivity index (χ1v) is 10.1. The summed E-state index contributed by atoms with van der Waals surface area (Å²) in [4.78, 5) is 14.8. The second kappa shape index (κ2) is 8.58. The number of rotatable bonds is 6. The van der Waals surface area contributed by atoms with E-state index in [1.807, 2.05) is 6.07 Å². The molecule has 1 fully saturated rings. The Morgan fingerprint density at radius 1 is 1.26 bits per heavy atom. The van der Waals surface area contributed by atoms with Crippen molar-refractivity contribution in [2.24, 2.45) is 0 Å². The Bertz CT molecular complexity index is 1060. The van der Waals surface area contributed by atoms with Gasteiger partial charge >= 0.3 is 0 Å². The molecule has 0 amide bonds. The van der Waals surface area contributed by atoms with Crippen molar-refractivity contribution >= 4 is 17.4 Å². The Morgan fingerprint density at radius 3 is 2.71 bits per heavy atom. The molecule has 0 saturated heterocycles. The lowest BCUT2D eigenvalue weighted by Gasteiger charge is -2.34. The zero-order valence-electron chi connectivity index (χ0n) is 16.4. The number of hydrogen-bond acceptors (Lipinski definition) is 8. The smallest absolute Gasteiger partial charge is 0.255 e. The Labute approximate surface area is 182 Å². The normalized spacial score (nSPS) is 17.7. The molecule has 0 radical (unpaired) electrons. The molecule has 160 valence electrons. The standard InChI is InChI=1S/C20H18ClF2N7O/c21-18-15(7-25)16-11-30(4-1-14(16)19(29-18)26-3-2-24)10-12-8-28-17(9-27-12)31-13-5-20(22,23)6-13/h8-9,13H,1,3-6,10-11H2,(H,26,29). The summed E-state index contributed by atoms with van der Waals surface area (Å²) in [5, 5.41) is 21.4. The van der Waals surface area contributed by atoms with Gasteiger partial charge in [-0.3, -0.25) is 9.88 Å². The molecule has 4 rings (SSSR count). The highest BCUT2D eigenvalue weighted by molar-refractivity contribution is 6.30. The Balaban J connectivity index is 1.44. The van der Waals surface area contributed by atoms with E-state index in [2.05, 4.69) is 31.2 Å². The average Bonchev–Trinajstić information content (AvgIpc) is 2.72. The van der Waals surface area contributed by atoms with Crippen LogP contribution < -0.4 is 10.1 Å². The van der Waals surface area contributed by atoms with Crippen LogP contribution >= 0.6 is 11.6 Å². The van der Waals surface area contributed by atoms with E-state index in [9.17, 15) is 14.0 Å². The van der Waals surface area contributed by atoms with Gasteiger partial charge in [-0.1, -0.05) is 11.6 Å². The predicted molar refractivity (Wildman–Crippen MR) is 107 cm³/mol. The van der Waals surface area contributed by atoms with Gasteiger partial charge in [-0.25, -0.2) is 18.7 Å². The van der Waals surface area contributed by atoms with Gasteiger partial charge in [0, 0.05) is 38.0 Å². The van der Waals surface area contributed by atoms with Crippen LogP contribution in [0.3, 0.4) is 0 Å². The highest BCUT2D eigenvalue weighted by Gasteiger charge is 2.47. The average molecular weight is 446 g/mol. The lowest BCUT2D eigenvalue weighted by atomic mass is 9.91. The molecule has 0 aromatic carbocycles. The van der Waals surface area contributed by atoms with Crippen molar-refractivity contribution in [3.05, 3.63) is 39.9 Å². The third-order valence-electron chi connectivity index (χ3n) is 5.28. The fraction of sp³-hybridized carbons (Fsp3) is 0.450. The van der Waals surface area contributed by atoms with E-state index in [-0.39, 0.29) is 30.4 Å². The molecule has 2 aromatic heterocycles. The molecule has 11 heteroatoms. The van der Waals surface area contributed by atoms with Crippen molar-refractivity contribution in [2.45, 2.75) is 44.4 Å². The molecule has 1 saturated carbocycles. The van der Waals surface area contributed by atoms with Gasteiger partial charge in [-0.2, -0.15) is 10.5 Å². The number of nitrogens with zero attached hydrogens (tertiary/aromatic N) is 6. The van der Waals surface area contributed by atoms with Crippen LogP contribution in [0.5, 0.6) is 5.88 Å². The maximum Gasteiger partial charge on any atom is 0.255 e. The highest BCUT2D eigenvalue weighted by Crippen LogP contribution is 2.39. The monoisotopic (exact) mass is 445 g/mol. The summed E-state index contributed by atoms with van der Waals surface area (Å²) < 4.78 is 31.2. The van der Waals surface area contributed by atoms with Crippen LogP contribution in [0.25, 0.3) is 0 Å². The molecule has 8 nitrogen and oxygen atoms in total. The molecule has 0 bridgehead atoms. The van der Waals surface area contributed by atoms with E-state index in [1.54, 1.807) is 6.20 Å². The number of nitriles is 2. The number of alkyl halides is 2. The van der Waals surface area contributed by atoms with Gasteiger partial charge in [0.25, 0.3) is 5.92 Å². The zero-order valence-corrected chi connectivity index (χ0v) is 17.2. The molecule has 1 N–H and O–H groups in total. The maximum atomic E-state index is 12.9. The fourth-order valence-corrected chi connectivity index (χ4v) is 3.99. The summed E-state index contributed by atoms with van der Waals surface area (Å²) in [6.45, 7) is 1.74. The minimum atomic E-state index is -2.65. The molecule has 0 atom stereocenters. The molecular formula is C20H18ClF2N7O. The summed E-state index contributed by atoms with van der Waals surface area (Å²) >= 11 is 6.19. The van der Waals surface area contributed by atoms with Gasteiger partial charge in [0.2, 0.25) is 5.88 Å². The fourth-order valence-electron chi connectivity index (χ4n) is 3.75. The van der Waals surface area contributed by atoms with Crippen molar-refractivity contribution in [1.29, 1.82) is 10.5 Å². The number of halogens is 3. The number of anilines is 1. The largest absolute Gasteiger partial charge is 0.473 e. The van der Waals surface area contributed by atoms with Gasteiger partial charge in [-0.05, 0) is 12.0 Å². The minimum Gasteiger partial charge on any atom is -0.473 e. The van der Waals surface area contributed by atoms with Crippen LogP contribution in [0.2, 0.25) is 5.15 Å². The van der Waals surface area contributed by atoms with E-state index in [0.29, 0.717) is 43.1 Å². The van der Waals surface area contributed by atoms with Crippen LogP contribution in [-0.4, -0.2) is 45.0 Å². The van der Waals surface area contributed by atoms with E-state index < -0.39 is 12.0 Å². The topological polar surface area (TPSA) is 111 Å². The van der Waals surface area contributed by atoms with Crippen molar-refractivity contribution < 1.29 is 13.5 Å². The summed E-state index contributed by atoms with van der Waals surface area (Å²) in [6.07, 6.45) is 2.51. The van der Waals surface area contributed by atoms with Gasteiger partial charge in [0.1, 0.15) is 29.7 Å². The Kier molecular flexibility index (Phi) is 5.86. The lowest BCUT2D eigenvalue weighted by Crippen LogP contribution is -2.43. The van der Waals surface area contributed by atoms with Crippen molar-refractivity contribution in [2.75, 3.05) is 18.4 Å². The first-order valence-electron chi connectivity index (χ1n) is 9.68. The number of ether oxygens (including phenoxy) is 1. The molecular weight excluding hydrogens is 428 g/mol. The Morgan fingerprint density at radius 2 is 2.06 bits per heavy atom. The van der Waals surface area contributed by atoms with Crippen molar-refractivity contribution in [1.82, 2.24) is 19.9 Å². The third kappa shape index (κ3) is 4.66. The van der Waals surface area contributed by atoms with Crippen LogP contribution in [0, 0.1) is 22.7 Å². The zero-order chi connectivity index (χ0) is 22.0. The van der Waals surface area contributed by atoms with Crippen LogP contribution in [-0.2, 0) is 19.5 Å². The minimum absolute atomic E-state index is 0.0912. The molecule has 2 aromatic rings. The molecule has 2 aliphatic rings. The predicted octanol–water partition coefficient (Wildman–Crippen LogP) is 3.07. The molecule has 0 unspecified atom stereocenters. The van der Waals surface area contributed by atoms with E-state index in [1.165, 1.54) is 6.20 Å². The number of aromatic nitrogens is 3. The van der Waals surface area contributed by atoms with Crippen LogP contribution in [0.1, 0.15) is 35.2 Å². The van der Waals surface area contributed by atoms with E-state index in [4.69, 9.17) is 21.6 Å². The van der Waals surface area contributed by atoms with Crippen LogP contribution in [0.15, 0.2) is 12.4 Å². The van der Waals surface area contributed by atoms with E-state index in [0.717, 1.165) is 11.1 Å². The molecule has 31 heavy (non-hydrogen) atoms. The van der Waals surface area contributed by atoms with Crippen LogP contribution in [0.4, 0.5) is 14.6 Å². The summed E-state index contributed by atoms with van der Waals surface area (Å²) in [5.41, 5.74) is 2.69. The van der Waals surface area contributed by atoms with Gasteiger partial charge in [0.05, 0.1) is 29.7 Å². The number of fused-ring (bicyclic) bond motifs is 1. The summed E-state index contributed by atoms with van der Waals surface area (Å²) in [7, 11) is 0. The van der Waals surface area contributed by atoms with Gasteiger partial charge < -0.3 is 10.1 Å². The maximum absolute atomic E-state index is 12.9. The van der Waals surface area contributed by atoms with Gasteiger partial charge in [0.15, 0.2) is 0 Å². The van der Waals surface area contributed by atoms with Crippen molar-refractivity contribution in [3.8, 4) is 18.0 Å². The third-order valence-corrected chi connectivity index (χ3v) is 5.56. The molecule has 1 aliphatic heterocycles. The summed E-state index contributed by atoms with van der Waals surface area (Å²) in [5.74, 6) is -1.89. The first kappa shape index (κ1) is 21.2. The number of hydrogen-bond donors (Lipinski definition) is 1. The second-order valence-corrected chi connectivity index (χ2v) is 7.88. The summed E-state index contributed by atoms with van der Waals surface area (Å²) in [6, 6.07) is 4.13. The van der Waals surface area contributed by atoms with E-state index >= 15 is 0 Å². The number of pyridine rings is 1. The molecule has 0 spiro atoms. The van der Waals surface area contributed by atoms with Crippen molar-refractivity contribution in [3.63, 3.8) is 0 Å². The molecule has 1 aliphatic carbocycles. The second-order valence-electron chi connectivity index (χ2n) is 7.52. The van der Waals surface area contributed by atoms with Gasteiger partial charge in [-0.15, -0.1) is 0 Å². The number of nitrogens with one attached hydrogen (secondary N) is 1. The lowest BCUT2D eigenvalue weighted by molar-refractivity contribution is -0.135.